The summed E-state index contributed by atoms with van der Waals surface area (Å²) in [6.07, 6.45) is 3.59. The van der Waals surface area contributed by atoms with Gasteiger partial charge in [0, 0.05) is 30.2 Å². The normalized spacial score (nSPS) is 16.6. The first-order chi connectivity index (χ1) is 9.66. The highest BCUT2D eigenvalue weighted by Gasteiger charge is 2.27. The highest BCUT2D eigenvalue weighted by atomic mass is 16.2. The minimum absolute atomic E-state index is 0.373. The lowest BCUT2D eigenvalue weighted by atomic mass is 9.98. The minimum atomic E-state index is -0.406. The number of aromatic amines is 1. The van der Waals surface area contributed by atoms with Crippen molar-refractivity contribution in [2.75, 3.05) is 13.1 Å². The number of H-pyrrole nitrogens is 1. The minimum Gasteiger partial charge on any atom is -0.360 e. The largest absolute Gasteiger partial charge is 0.360 e. The van der Waals surface area contributed by atoms with Gasteiger partial charge in [-0.25, -0.2) is 0 Å². The van der Waals surface area contributed by atoms with Crippen molar-refractivity contribution < 1.29 is 9.59 Å². The molecular formula is C16H18N2O2. The number of carbonyl (C=O) groups excluding carboxylic acids is 2. The zero-order chi connectivity index (χ0) is 14.1. The number of hydrogen-bond acceptors (Lipinski definition) is 2. The van der Waals surface area contributed by atoms with Crippen LogP contribution in [0.25, 0.3) is 10.9 Å². The van der Waals surface area contributed by atoms with Crippen molar-refractivity contribution in [3.63, 3.8) is 0 Å². The number of nitrogens with zero attached hydrogens (tertiary/aromatic N) is 1. The summed E-state index contributed by atoms with van der Waals surface area (Å²) < 4.78 is 0. The average Bonchev–Trinajstić information content (AvgIpc) is 2.90. The Morgan fingerprint density at radius 1 is 1.20 bits per heavy atom. The number of nitrogens with one attached hydrogen (secondary N) is 1. The fraction of sp³-hybridized carbons (Fsp3) is 0.375. The van der Waals surface area contributed by atoms with Gasteiger partial charge < -0.3 is 9.88 Å². The molecule has 1 amide bonds. The number of piperidine rings is 1. The van der Waals surface area contributed by atoms with Crippen molar-refractivity contribution in [2.45, 2.75) is 19.8 Å². The van der Waals surface area contributed by atoms with E-state index in [1.807, 2.05) is 24.3 Å². The summed E-state index contributed by atoms with van der Waals surface area (Å²) in [6.45, 7) is 3.56. The molecule has 1 fully saturated rings. The number of para-hydroxylation sites is 1. The lowest BCUT2D eigenvalue weighted by Gasteiger charge is -2.29. The van der Waals surface area contributed by atoms with Gasteiger partial charge in [-0.05, 0) is 24.8 Å². The fourth-order valence-corrected chi connectivity index (χ4v) is 2.73. The molecule has 1 saturated heterocycles. The molecule has 2 aromatic rings. The summed E-state index contributed by atoms with van der Waals surface area (Å²) in [5.74, 6) is -0.138. The van der Waals surface area contributed by atoms with Crippen LogP contribution in [-0.4, -0.2) is 34.7 Å². The molecule has 4 heteroatoms. The zero-order valence-electron chi connectivity index (χ0n) is 11.6. The molecule has 0 saturated carbocycles. The van der Waals surface area contributed by atoms with Gasteiger partial charge in [-0.2, -0.15) is 0 Å². The molecule has 1 aliphatic rings. The molecule has 0 aliphatic carbocycles. The Morgan fingerprint density at radius 2 is 1.90 bits per heavy atom. The summed E-state index contributed by atoms with van der Waals surface area (Å²) in [5.41, 5.74) is 1.36. The van der Waals surface area contributed by atoms with Crippen LogP contribution in [0.4, 0.5) is 0 Å². The van der Waals surface area contributed by atoms with Crippen LogP contribution < -0.4 is 0 Å². The first-order valence-electron chi connectivity index (χ1n) is 7.06. The van der Waals surface area contributed by atoms with Crippen LogP contribution in [0.3, 0.4) is 0 Å². The number of amides is 1. The van der Waals surface area contributed by atoms with Crippen LogP contribution in [0, 0.1) is 5.92 Å². The molecule has 1 N–H and O–H groups in total. The Labute approximate surface area is 117 Å². The van der Waals surface area contributed by atoms with E-state index in [4.69, 9.17) is 0 Å². The molecule has 1 aromatic carbocycles. The smallest absolute Gasteiger partial charge is 0.295 e. The number of carbonyl (C=O) groups is 2. The summed E-state index contributed by atoms with van der Waals surface area (Å²) in [6, 6.07) is 7.55. The molecule has 0 bridgehead atoms. The second kappa shape index (κ2) is 5.12. The lowest BCUT2D eigenvalue weighted by Crippen LogP contribution is -2.41. The highest BCUT2D eigenvalue weighted by Crippen LogP contribution is 2.21. The number of likely N-dealkylation sites (tertiary alicyclic amines) is 1. The highest BCUT2D eigenvalue weighted by molar-refractivity contribution is 6.44. The molecule has 1 aliphatic heterocycles. The Balaban J connectivity index is 1.83. The second-order valence-corrected chi connectivity index (χ2v) is 5.55. The predicted molar refractivity (Wildman–Crippen MR) is 77.6 cm³/mol. The molecule has 0 unspecified atom stereocenters. The summed E-state index contributed by atoms with van der Waals surface area (Å²) in [7, 11) is 0. The third-order valence-corrected chi connectivity index (χ3v) is 4.10. The average molecular weight is 270 g/mol. The van der Waals surface area contributed by atoms with Gasteiger partial charge in [-0.15, -0.1) is 0 Å². The third kappa shape index (κ3) is 2.22. The van der Waals surface area contributed by atoms with Crippen molar-refractivity contribution in [3.8, 4) is 0 Å². The first-order valence-corrected chi connectivity index (χ1v) is 7.06. The number of fused-ring (bicyclic) bond motifs is 1. The van der Waals surface area contributed by atoms with Crippen LogP contribution in [-0.2, 0) is 4.79 Å². The monoisotopic (exact) mass is 270 g/mol. The summed E-state index contributed by atoms with van der Waals surface area (Å²) >= 11 is 0. The van der Waals surface area contributed by atoms with E-state index < -0.39 is 5.78 Å². The van der Waals surface area contributed by atoms with Crippen molar-refractivity contribution >= 4 is 22.6 Å². The zero-order valence-corrected chi connectivity index (χ0v) is 11.6. The van der Waals surface area contributed by atoms with Crippen molar-refractivity contribution in [3.05, 3.63) is 36.0 Å². The lowest BCUT2D eigenvalue weighted by molar-refractivity contribution is -0.127. The van der Waals surface area contributed by atoms with Gasteiger partial charge in [0.15, 0.2) is 0 Å². The molecule has 2 heterocycles. The van der Waals surface area contributed by atoms with E-state index in [0.717, 1.165) is 23.7 Å². The van der Waals surface area contributed by atoms with E-state index >= 15 is 0 Å². The first kappa shape index (κ1) is 12.9. The number of ketones is 1. The van der Waals surface area contributed by atoms with E-state index in [1.165, 1.54) is 0 Å². The maximum absolute atomic E-state index is 12.4. The van der Waals surface area contributed by atoms with E-state index in [9.17, 15) is 9.59 Å². The van der Waals surface area contributed by atoms with Gasteiger partial charge in [0.25, 0.3) is 11.7 Å². The SMILES string of the molecule is CC1CCN(C(=O)C(=O)c2c[nH]c3ccccc23)CC1. The van der Waals surface area contributed by atoms with Crippen molar-refractivity contribution in [2.24, 2.45) is 5.92 Å². The van der Waals surface area contributed by atoms with E-state index in [2.05, 4.69) is 11.9 Å². The fourth-order valence-electron chi connectivity index (χ4n) is 2.73. The number of hydrogen-bond donors (Lipinski definition) is 1. The molecular weight excluding hydrogens is 252 g/mol. The molecule has 104 valence electrons. The van der Waals surface area contributed by atoms with Crippen LogP contribution >= 0.6 is 0 Å². The Morgan fingerprint density at radius 3 is 2.65 bits per heavy atom. The topological polar surface area (TPSA) is 53.2 Å². The van der Waals surface area contributed by atoms with E-state index in [0.29, 0.717) is 24.6 Å². The molecule has 0 atom stereocenters. The maximum atomic E-state index is 12.4. The summed E-state index contributed by atoms with van der Waals surface area (Å²) in [4.78, 5) is 29.4. The van der Waals surface area contributed by atoms with E-state index in [1.54, 1.807) is 11.1 Å². The predicted octanol–water partition coefficient (Wildman–Crippen LogP) is 2.61. The van der Waals surface area contributed by atoms with Gasteiger partial charge in [0.2, 0.25) is 0 Å². The second-order valence-electron chi connectivity index (χ2n) is 5.55. The van der Waals surface area contributed by atoms with Gasteiger partial charge in [0.05, 0.1) is 5.56 Å². The number of Topliss-reactive ketones (excluding diaryl/α,β-unsaturated/α-hetero) is 1. The number of rotatable bonds is 2. The quantitative estimate of drug-likeness (QED) is 0.673. The summed E-state index contributed by atoms with van der Waals surface area (Å²) in [5, 5.41) is 0.816. The van der Waals surface area contributed by atoms with Crippen molar-refractivity contribution in [1.82, 2.24) is 9.88 Å². The van der Waals surface area contributed by atoms with Crippen LogP contribution in [0.2, 0.25) is 0 Å². The van der Waals surface area contributed by atoms with Gasteiger partial charge >= 0.3 is 0 Å². The Kier molecular flexibility index (Phi) is 3.30. The van der Waals surface area contributed by atoms with Crippen LogP contribution in [0.1, 0.15) is 30.1 Å². The van der Waals surface area contributed by atoms with Gasteiger partial charge in [0.1, 0.15) is 0 Å². The van der Waals surface area contributed by atoms with Crippen LogP contribution in [0.5, 0.6) is 0 Å². The third-order valence-electron chi connectivity index (χ3n) is 4.10. The van der Waals surface area contributed by atoms with Crippen LogP contribution in [0.15, 0.2) is 30.5 Å². The molecule has 0 spiro atoms. The molecule has 0 radical (unpaired) electrons. The Hall–Kier alpha value is -2.10. The Bertz CT molecular complexity index is 651. The molecule has 3 rings (SSSR count). The number of benzene rings is 1. The van der Waals surface area contributed by atoms with Crippen molar-refractivity contribution in [1.29, 1.82) is 0 Å². The standard InChI is InChI=1S/C16H18N2O2/c1-11-6-8-18(9-7-11)16(20)15(19)13-10-17-14-5-3-2-4-12(13)14/h2-5,10-11,17H,6-9H2,1H3. The van der Waals surface area contributed by atoms with Gasteiger partial charge in [-0.3, -0.25) is 9.59 Å². The maximum Gasteiger partial charge on any atom is 0.295 e. The molecule has 20 heavy (non-hydrogen) atoms. The molecule has 1 aromatic heterocycles. The van der Waals surface area contributed by atoms with E-state index in [-0.39, 0.29) is 5.91 Å². The van der Waals surface area contributed by atoms with Gasteiger partial charge in [-0.1, -0.05) is 25.1 Å². The number of aromatic nitrogens is 1. The molecule has 4 nitrogen and oxygen atoms in total.